The minimum Gasteiger partial charge on any atom is -0.352 e. The van der Waals surface area contributed by atoms with Gasteiger partial charge < -0.3 is 10.2 Å². The number of carbonyl (C=O) groups is 2. The molecule has 4 nitrogen and oxygen atoms in total. The van der Waals surface area contributed by atoms with Crippen LogP contribution in [0, 0.1) is 5.82 Å². The molecule has 1 atom stereocenters. The highest BCUT2D eigenvalue weighted by molar-refractivity contribution is 7.99. The van der Waals surface area contributed by atoms with Crippen LogP contribution in [0.1, 0.15) is 56.6 Å². The molecule has 2 aromatic rings. The Bertz CT molecular complexity index is 948. The summed E-state index contributed by atoms with van der Waals surface area (Å²) in [7, 11) is 0. The van der Waals surface area contributed by atoms with E-state index in [0.717, 1.165) is 31.2 Å². The van der Waals surface area contributed by atoms with Crippen LogP contribution < -0.4 is 5.32 Å². The van der Waals surface area contributed by atoms with E-state index >= 15 is 0 Å². The van der Waals surface area contributed by atoms with Gasteiger partial charge in [0.1, 0.15) is 11.9 Å². The molecule has 1 aliphatic carbocycles. The van der Waals surface area contributed by atoms with E-state index in [0.29, 0.717) is 27.8 Å². The predicted octanol–water partition coefficient (Wildman–Crippen LogP) is 6.62. The number of hydrogen-bond acceptors (Lipinski definition) is 3. The van der Waals surface area contributed by atoms with Gasteiger partial charge in [-0.25, -0.2) is 4.39 Å². The van der Waals surface area contributed by atoms with E-state index in [-0.39, 0.29) is 36.0 Å². The third-order valence-corrected chi connectivity index (χ3v) is 7.83. The number of thioether (sulfide) groups is 1. The SMILES string of the molecule is CC[C@H](C(=O)NC1CCCCC1)N(Cc1c(Cl)cccc1Cl)C(=O)CSCc1ccc(F)cc1. The third-order valence-electron chi connectivity index (χ3n) is 6.14. The predicted molar refractivity (Wildman–Crippen MR) is 139 cm³/mol. The number of benzene rings is 2. The van der Waals surface area contributed by atoms with Gasteiger partial charge in [-0.05, 0) is 49.1 Å². The van der Waals surface area contributed by atoms with Gasteiger partial charge in [-0.15, -0.1) is 11.8 Å². The summed E-state index contributed by atoms with van der Waals surface area (Å²) in [5.74, 6) is 0.176. The van der Waals surface area contributed by atoms with Crippen LogP contribution >= 0.6 is 35.0 Å². The summed E-state index contributed by atoms with van der Waals surface area (Å²) in [6.45, 7) is 2.07. The Kier molecular flexibility index (Phi) is 10.5. The van der Waals surface area contributed by atoms with Gasteiger partial charge in [0.05, 0.1) is 5.75 Å². The molecule has 0 spiro atoms. The van der Waals surface area contributed by atoms with Crippen molar-refractivity contribution >= 4 is 46.8 Å². The number of rotatable bonds is 10. The number of carbonyl (C=O) groups excluding carboxylic acids is 2. The fourth-order valence-corrected chi connectivity index (χ4v) is 5.62. The van der Waals surface area contributed by atoms with Crippen molar-refractivity contribution in [3.63, 3.8) is 0 Å². The molecule has 0 aromatic heterocycles. The Morgan fingerprint density at radius 3 is 2.35 bits per heavy atom. The van der Waals surface area contributed by atoms with Crippen molar-refractivity contribution in [3.8, 4) is 0 Å². The van der Waals surface area contributed by atoms with E-state index in [4.69, 9.17) is 23.2 Å². The molecule has 184 valence electrons. The van der Waals surface area contributed by atoms with Gasteiger partial charge in [-0.2, -0.15) is 0 Å². The molecule has 1 fully saturated rings. The number of hydrogen-bond donors (Lipinski definition) is 1. The molecular weight excluding hydrogens is 494 g/mol. The first-order valence-corrected chi connectivity index (χ1v) is 13.6. The summed E-state index contributed by atoms with van der Waals surface area (Å²) in [5, 5.41) is 4.10. The van der Waals surface area contributed by atoms with E-state index < -0.39 is 6.04 Å². The summed E-state index contributed by atoms with van der Waals surface area (Å²) < 4.78 is 13.2. The number of nitrogens with zero attached hydrogens (tertiary/aromatic N) is 1. The highest BCUT2D eigenvalue weighted by Gasteiger charge is 2.31. The van der Waals surface area contributed by atoms with Crippen LogP contribution in [0.5, 0.6) is 0 Å². The van der Waals surface area contributed by atoms with E-state index in [2.05, 4.69) is 5.32 Å². The maximum atomic E-state index is 13.4. The summed E-state index contributed by atoms with van der Waals surface area (Å²) in [5.41, 5.74) is 1.56. The first-order chi connectivity index (χ1) is 16.4. The zero-order valence-electron chi connectivity index (χ0n) is 19.4. The largest absolute Gasteiger partial charge is 0.352 e. The first kappa shape index (κ1) is 26.8. The average molecular weight is 526 g/mol. The van der Waals surface area contributed by atoms with Crippen molar-refractivity contribution in [2.45, 2.75) is 69.8 Å². The summed E-state index contributed by atoms with van der Waals surface area (Å²) in [4.78, 5) is 28.3. The second-order valence-electron chi connectivity index (χ2n) is 8.61. The average Bonchev–Trinajstić information content (AvgIpc) is 2.82. The van der Waals surface area contributed by atoms with E-state index in [9.17, 15) is 14.0 Å². The van der Waals surface area contributed by atoms with Crippen molar-refractivity contribution in [3.05, 3.63) is 69.5 Å². The molecule has 3 rings (SSSR count). The van der Waals surface area contributed by atoms with Crippen molar-refractivity contribution in [2.75, 3.05) is 5.75 Å². The van der Waals surface area contributed by atoms with E-state index in [1.165, 1.54) is 30.3 Å². The van der Waals surface area contributed by atoms with Crippen LogP contribution in [0.25, 0.3) is 0 Å². The lowest BCUT2D eigenvalue weighted by atomic mass is 9.95. The lowest BCUT2D eigenvalue weighted by Gasteiger charge is -2.33. The summed E-state index contributed by atoms with van der Waals surface area (Å²) in [6.07, 6.45) is 5.85. The minimum absolute atomic E-state index is 0.130. The van der Waals surface area contributed by atoms with Crippen molar-refractivity contribution in [2.24, 2.45) is 0 Å². The Labute approximate surface area is 215 Å². The Balaban J connectivity index is 1.74. The molecule has 8 heteroatoms. The molecule has 1 saturated carbocycles. The second kappa shape index (κ2) is 13.4. The summed E-state index contributed by atoms with van der Waals surface area (Å²) in [6, 6.07) is 11.0. The molecule has 0 saturated heterocycles. The quantitative estimate of drug-likeness (QED) is 0.379. The number of nitrogens with one attached hydrogen (secondary N) is 1. The topological polar surface area (TPSA) is 49.4 Å². The standard InChI is InChI=1S/C26H31Cl2FN2O2S/c1-2-24(26(33)30-20-7-4-3-5-8-20)31(15-21-22(27)9-6-10-23(21)28)25(32)17-34-16-18-11-13-19(29)14-12-18/h6,9-14,20,24H,2-5,7-8,15-17H2,1H3,(H,30,33)/t24-/m1/s1. The van der Waals surface area contributed by atoms with Crippen LogP contribution in [0.3, 0.4) is 0 Å². The summed E-state index contributed by atoms with van der Waals surface area (Å²) >= 11 is 14.2. The van der Waals surface area contributed by atoms with Gasteiger partial charge in [0, 0.05) is 33.9 Å². The molecule has 1 aliphatic rings. The maximum Gasteiger partial charge on any atom is 0.243 e. The van der Waals surface area contributed by atoms with Gasteiger partial charge in [-0.3, -0.25) is 9.59 Å². The van der Waals surface area contributed by atoms with E-state index in [1.54, 1.807) is 35.2 Å². The lowest BCUT2D eigenvalue weighted by Crippen LogP contribution is -2.52. The van der Waals surface area contributed by atoms with Gasteiger partial charge in [-0.1, -0.05) is 67.6 Å². The molecule has 0 unspecified atom stereocenters. The third kappa shape index (κ3) is 7.62. The smallest absolute Gasteiger partial charge is 0.243 e. The van der Waals surface area contributed by atoms with Gasteiger partial charge in [0.25, 0.3) is 0 Å². The normalized spacial score (nSPS) is 15.1. The second-order valence-corrected chi connectivity index (χ2v) is 10.4. The Morgan fingerprint density at radius 1 is 1.09 bits per heavy atom. The zero-order valence-corrected chi connectivity index (χ0v) is 21.7. The number of halogens is 3. The lowest BCUT2D eigenvalue weighted by molar-refractivity contribution is -0.139. The van der Waals surface area contributed by atoms with Gasteiger partial charge >= 0.3 is 0 Å². The molecule has 2 aromatic carbocycles. The molecule has 0 heterocycles. The fraction of sp³-hybridized carbons (Fsp3) is 0.462. The number of amides is 2. The molecule has 1 N–H and O–H groups in total. The Morgan fingerprint density at radius 2 is 1.74 bits per heavy atom. The highest BCUT2D eigenvalue weighted by Crippen LogP contribution is 2.28. The monoisotopic (exact) mass is 524 g/mol. The molecule has 2 amide bonds. The van der Waals surface area contributed by atoms with Crippen LogP contribution in [0.4, 0.5) is 4.39 Å². The van der Waals surface area contributed by atoms with E-state index in [1.807, 2.05) is 6.92 Å². The van der Waals surface area contributed by atoms with Crippen LogP contribution in [-0.2, 0) is 21.9 Å². The highest BCUT2D eigenvalue weighted by atomic mass is 35.5. The van der Waals surface area contributed by atoms with Crippen molar-refractivity contribution < 1.29 is 14.0 Å². The zero-order chi connectivity index (χ0) is 24.5. The molecule has 0 aliphatic heterocycles. The molecule has 34 heavy (non-hydrogen) atoms. The van der Waals surface area contributed by atoms with Crippen molar-refractivity contribution in [1.82, 2.24) is 10.2 Å². The maximum absolute atomic E-state index is 13.4. The minimum atomic E-state index is -0.617. The van der Waals surface area contributed by atoms with Crippen LogP contribution in [0.15, 0.2) is 42.5 Å². The molecule has 0 bridgehead atoms. The first-order valence-electron chi connectivity index (χ1n) is 11.7. The van der Waals surface area contributed by atoms with Crippen LogP contribution in [-0.4, -0.2) is 34.6 Å². The molecule has 0 radical (unpaired) electrons. The van der Waals surface area contributed by atoms with Gasteiger partial charge in [0.15, 0.2) is 0 Å². The van der Waals surface area contributed by atoms with Crippen LogP contribution in [0.2, 0.25) is 10.0 Å². The molecular formula is C26H31Cl2FN2O2S. The van der Waals surface area contributed by atoms with Gasteiger partial charge in [0.2, 0.25) is 11.8 Å². The fourth-order valence-electron chi connectivity index (χ4n) is 4.24. The Hall–Kier alpha value is -1.76. The van der Waals surface area contributed by atoms with Crippen molar-refractivity contribution in [1.29, 1.82) is 0 Å².